The van der Waals surface area contributed by atoms with Crippen molar-refractivity contribution < 1.29 is 14.3 Å². The number of ether oxygens (including phenoxy) is 2. The van der Waals surface area contributed by atoms with Crippen molar-refractivity contribution >= 4 is 12.1 Å². The second-order valence-corrected chi connectivity index (χ2v) is 5.01. The number of hydrogen-bond donors (Lipinski definition) is 1. The molecule has 2 aromatic rings. The summed E-state index contributed by atoms with van der Waals surface area (Å²) in [5, 5.41) is 3.94. The maximum absolute atomic E-state index is 12.0. The third-order valence-electron chi connectivity index (χ3n) is 3.27. The van der Waals surface area contributed by atoms with Crippen molar-refractivity contribution in [2.75, 3.05) is 6.61 Å². The van der Waals surface area contributed by atoms with Gasteiger partial charge in [0.1, 0.15) is 6.61 Å². The maximum Gasteiger partial charge on any atom is 0.284 e. The molecule has 1 heterocycles. The van der Waals surface area contributed by atoms with Crippen molar-refractivity contribution in [2.45, 2.75) is 13.0 Å². The lowest BCUT2D eigenvalue weighted by Gasteiger charge is -2.24. The van der Waals surface area contributed by atoms with E-state index in [-0.39, 0.29) is 12.5 Å². The van der Waals surface area contributed by atoms with E-state index in [0.717, 1.165) is 5.56 Å². The van der Waals surface area contributed by atoms with Gasteiger partial charge in [-0.1, -0.05) is 42.0 Å². The van der Waals surface area contributed by atoms with E-state index in [4.69, 9.17) is 9.47 Å². The summed E-state index contributed by atoms with van der Waals surface area (Å²) < 4.78 is 11.1. The predicted octanol–water partition coefficient (Wildman–Crippen LogP) is 2.29. The van der Waals surface area contributed by atoms with E-state index in [1.54, 1.807) is 18.3 Å². The zero-order chi connectivity index (χ0) is 15.4. The molecule has 3 rings (SSSR count). The Morgan fingerprint density at radius 1 is 1.18 bits per heavy atom. The fourth-order valence-electron chi connectivity index (χ4n) is 2.04. The molecule has 0 unspecified atom stereocenters. The summed E-state index contributed by atoms with van der Waals surface area (Å²) in [6, 6.07) is 15.1. The van der Waals surface area contributed by atoms with E-state index in [9.17, 15) is 4.79 Å². The van der Waals surface area contributed by atoms with E-state index in [2.05, 4.69) is 10.5 Å². The SMILES string of the molecule is Cc1ccc(C=NNC(=O)[C@H]2COc3ccccc3O2)cc1. The van der Waals surface area contributed by atoms with Crippen LogP contribution < -0.4 is 14.9 Å². The topological polar surface area (TPSA) is 59.9 Å². The Morgan fingerprint density at radius 2 is 1.91 bits per heavy atom. The van der Waals surface area contributed by atoms with Gasteiger partial charge in [0.2, 0.25) is 6.10 Å². The van der Waals surface area contributed by atoms with Crippen LogP contribution in [0.1, 0.15) is 11.1 Å². The summed E-state index contributed by atoms with van der Waals surface area (Å²) in [5.74, 6) is 0.879. The molecule has 0 aromatic heterocycles. The molecule has 5 nitrogen and oxygen atoms in total. The zero-order valence-electron chi connectivity index (χ0n) is 12.2. The van der Waals surface area contributed by atoms with Crippen molar-refractivity contribution in [1.29, 1.82) is 0 Å². The number of para-hydroxylation sites is 2. The van der Waals surface area contributed by atoms with Crippen LogP contribution in [0.15, 0.2) is 53.6 Å². The van der Waals surface area contributed by atoms with Crippen LogP contribution in [0.2, 0.25) is 0 Å². The lowest BCUT2D eigenvalue weighted by Crippen LogP contribution is -2.42. The van der Waals surface area contributed by atoms with Crippen LogP contribution in [-0.2, 0) is 4.79 Å². The van der Waals surface area contributed by atoms with Gasteiger partial charge in [-0.2, -0.15) is 5.10 Å². The van der Waals surface area contributed by atoms with Gasteiger partial charge in [-0.05, 0) is 24.6 Å². The highest BCUT2D eigenvalue weighted by Crippen LogP contribution is 2.30. The van der Waals surface area contributed by atoms with Gasteiger partial charge in [-0.3, -0.25) is 4.79 Å². The lowest BCUT2D eigenvalue weighted by molar-refractivity contribution is -0.130. The summed E-state index contributed by atoms with van der Waals surface area (Å²) in [5.41, 5.74) is 4.56. The summed E-state index contributed by atoms with van der Waals surface area (Å²) in [4.78, 5) is 12.0. The van der Waals surface area contributed by atoms with Gasteiger partial charge in [0.15, 0.2) is 11.5 Å². The first-order valence-corrected chi connectivity index (χ1v) is 7.00. The number of benzene rings is 2. The fraction of sp³-hybridized carbons (Fsp3) is 0.176. The van der Waals surface area contributed by atoms with Crippen molar-refractivity contribution in [3.8, 4) is 11.5 Å². The molecule has 2 aromatic carbocycles. The molecule has 5 heteroatoms. The van der Waals surface area contributed by atoms with Gasteiger partial charge in [0.25, 0.3) is 5.91 Å². The van der Waals surface area contributed by atoms with Gasteiger partial charge < -0.3 is 9.47 Å². The van der Waals surface area contributed by atoms with E-state index < -0.39 is 6.10 Å². The minimum atomic E-state index is -0.704. The monoisotopic (exact) mass is 296 g/mol. The first-order valence-electron chi connectivity index (χ1n) is 7.00. The van der Waals surface area contributed by atoms with Gasteiger partial charge in [0.05, 0.1) is 6.21 Å². The lowest BCUT2D eigenvalue weighted by atomic mass is 10.2. The summed E-state index contributed by atoms with van der Waals surface area (Å²) in [6.07, 6.45) is 0.889. The van der Waals surface area contributed by atoms with Crippen LogP contribution in [0.25, 0.3) is 0 Å². The van der Waals surface area contributed by atoms with Crippen molar-refractivity contribution in [1.82, 2.24) is 5.43 Å². The first kappa shape index (κ1) is 14.1. The zero-order valence-corrected chi connectivity index (χ0v) is 12.2. The Labute approximate surface area is 128 Å². The smallest absolute Gasteiger partial charge is 0.284 e. The van der Waals surface area contributed by atoms with Crippen molar-refractivity contribution in [3.05, 3.63) is 59.7 Å². The Balaban J connectivity index is 1.58. The standard InChI is InChI=1S/C17H16N2O3/c1-12-6-8-13(9-7-12)10-18-19-17(20)16-11-21-14-4-2-3-5-15(14)22-16/h2-10,16H,11H2,1H3,(H,19,20)/t16-/m1/s1. The first-order chi connectivity index (χ1) is 10.7. The van der Waals surface area contributed by atoms with Gasteiger partial charge in [-0.25, -0.2) is 5.43 Å². The predicted molar refractivity (Wildman–Crippen MR) is 83.3 cm³/mol. The molecule has 1 aliphatic rings. The molecule has 0 radical (unpaired) electrons. The fourth-order valence-corrected chi connectivity index (χ4v) is 2.04. The normalized spacial score (nSPS) is 16.5. The van der Waals surface area contributed by atoms with E-state index in [0.29, 0.717) is 11.5 Å². The average molecular weight is 296 g/mol. The van der Waals surface area contributed by atoms with Crippen molar-refractivity contribution in [3.63, 3.8) is 0 Å². The van der Waals surface area contributed by atoms with Gasteiger partial charge >= 0.3 is 0 Å². The maximum atomic E-state index is 12.0. The number of fused-ring (bicyclic) bond motifs is 1. The molecular weight excluding hydrogens is 280 g/mol. The van der Waals surface area contributed by atoms with Gasteiger partial charge in [-0.15, -0.1) is 0 Å². The Kier molecular flexibility index (Phi) is 4.05. The second-order valence-electron chi connectivity index (χ2n) is 5.01. The molecule has 1 N–H and O–H groups in total. The molecule has 22 heavy (non-hydrogen) atoms. The minimum absolute atomic E-state index is 0.170. The number of nitrogens with one attached hydrogen (secondary N) is 1. The molecular formula is C17H16N2O3. The van der Waals surface area contributed by atoms with Gasteiger partial charge in [0, 0.05) is 0 Å². The molecule has 0 aliphatic carbocycles. The van der Waals surface area contributed by atoms with Crippen molar-refractivity contribution in [2.24, 2.45) is 5.10 Å². The highest BCUT2D eigenvalue weighted by atomic mass is 16.6. The van der Waals surface area contributed by atoms with E-state index in [1.807, 2.05) is 43.3 Å². The highest BCUT2D eigenvalue weighted by Gasteiger charge is 2.26. The molecule has 0 saturated carbocycles. The van der Waals surface area contributed by atoms with E-state index >= 15 is 0 Å². The van der Waals surface area contributed by atoms with E-state index in [1.165, 1.54) is 5.56 Å². The third kappa shape index (κ3) is 3.25. The molecule has 0 spiro atoms. The number of carbonyl (C=O) groups is 1. The average Bonchev–Trinajstić information content (AvgIpc) is 2.56. The quantitative estimate of drug-likeness (QED) is 0.698. The Bertz CT molecular complexity index is 695. The van der Waals surface area contributed by atoms with Crippen LogP contribution in [0, 0.1) is 6.92 Å². The molecule has 1 aliphatic heterocycles. The summed E-state index contributed by atoms with van der Waals surface area (Å²) in [7, 11) is 0. The second kappa shape index (κ2) is 6.30. The molecule has 112 valence electrons. The molecule has 1 atom stereocenters. The minimum Gasteiger partial charge on any atom is -0.485 e. The highest BCUT2D eigenvalue weighted by molar-refractivity contribution is 5.84. The Morgan fingerprint density at radius 3 is 2.68 bits per heavy atom. The number of hydrazone groups is 1. The van der Waals surface area contributed by atoms with Crippen LogP contribution in [-0.4, -0.2) is 24.8 Å². The number of carbonyl (C=O) groups excluding carboxylic acids is 1. The largest absolute Gasteiger partial charge is 0.485 e. The molecule has 0 fully saturated rings. The van der Waals surface area contributed by atoms with Crippen LogP contribution in [0.3, 0.4) is 0 Å². The number of aryl methyl sites for hydroxylation is 1. The molecule has 0 bridgehead atoms. The summed E-state index contributed by atoms with van der Waals surface area (Å²) >= 11 is 0. The number of hydrogen-bond acceptors (Lipinski definition) is 4. The summed E-state index contributed by atoms with van der Waals surface area (Å²) in [6.45, 7) is 2.18. The number of amides is 1. The van der Waals surface area contributed by atoms with Crippen LogP contribution in [0.5, 0.6) is 11.5 Å². The van der Waals surface area contributed by atoms with Crippen LogP contribution in [0.4, 0.5) is 0 Å². The Hall–Kier alpha value is -2.82. The third-order valence-corrected chi connectivity index (χ3v) is 3.27. The number of rotatable bonds is 3. The number of nitrogens with zero attached hydrogens (tertiary/aromatic N) is 1. The molecule has 1 amide bonds. The van der Waals surface area contributed by atoms with Crippen LogP contribution >= 0.6 is 0 Å². The molecule has 0 saturated heterocycles.